The molecule has 0 aliphatic carbocycles. The van der Waals surface area contributed by atoms with Crippen molar-refractivity contribution < 1.29 is 18.7 Å². The predicted octanol–water partition coefficient (Wildman–Crippen LogP) is 2.35. The molecule has 20 heavy (non-hydrogen) atoms. The van der Waals surface area contributed by atoms with E-state index >= 15 is 0 Å². The summed E-state index contributed by atoms with van der Waals surface area (Å²) in [4.78, 5) is 23.0. The zero-order chi connectivity index (χ0) is 14.9. The second-order valence-electron chi connectivity index (χ2n) is 4.58. The van der Waals surface area contributed by atoms with Crippen LogP contribution in [-0.2, 0) is 9.53 Å². The molecule has 1 aromatic heterocycles. The minimum atomic E-state index is -0.726. The number of hydrogen-bond donors (Lipinski definition) is 0. The zero-order valence-electron chi connectivity index (χ0n) is 11.9. The van der Waals surface area contributed by atoms with E-state index in [1.54, 1.807) is 32.0 Å². The van der Waals surface area contributed by atoms with E-state index in [0.717, 1.165) is 10.9 Å². The molecule has 0 saturated heterocycles. The van der Waals surface area contributed by atoms with Crippen molar-refractivity contribution in [3.63, 3.8) is 0 Å². The van der Waals surface area contributed by atoms with Gasteiger partial charge in [0.2, 0.25) is 0 Å². The molecule has 1 heterocycles. The van der Waals surface area contributed by atoms with Gasteiger partial charge in [-0.3, -0.25) is 0 Å². The van der Waals surface area contributed by atoms with Crippen LogP contribution in [0.15, 0.2) is 27.4 Å². The molecule has 0 spiro atoms. The molecule has 0 aliphatic heterocycles. The van der Waals surface area contributed by atoms with Gasteiger partial charge in [0.05, 0.1) is 7.11 Å². The summed E-state index contributed by atoms with van der Waals surface area (Å²) in [7, 11) is 1.30. The van der Waals surface area contributed by atoms with Crippen LogP contribution in [0.1, 0.15) is 18.1 Å². The van der Waals surface area contributed by atoms with Gasteiger partial charge in [0, 0.05) is 17.0 Å². The maximum Gasteiger partial charge on any atom is 0.346 e. The summed E-state index contributed by atoms with van der Waals surface area (Å²) in [6.45, 7) is 5.18. The molecular formula is C15H16O5. The minimum Gasteiger partial charge on any atom is -0.479 e. The van der Waals surface area contributed by atoms with Crippen molar-refractivity contribution in [3.8, 4) is 5.75 Å². The number of benzene rings is 1. The molecule has 0 unspecified atom stereocenters. The Balaban J connectivity index is 2.42. The van der Waals surface area contributed by atoms with E-state index in [0.29, 0.717) is 16.9 Å². The maximum atomic E-state index is 11.7. The fourth-order valence-electron chi connectivity index (χ4n) is 1.92. The predicted molar refractivity (Wildman–Crippen MR) is 74.1 cm³/mol. The highest BCUT2D eigenvalue weighted by molar-refractivity contribution is 5.82. The van der Waals surface area contributed by atoms with Crippen LogP contribution in [0.3, 0.4) is 0 Å². The van der Waals surface area contributed by atoms with Crippen LogP contribution in [0.5, 0.6) is 5.75 Å². The van der Waals surface area contributed by atoms with Crippen LogP contribution in [0, 0.1) is 13.8 Å². The third kappa shape index (κ3) is 2.52. The van der Waals surface area contributed by atoms with Gasteiger partial charge in [0.15, 0.2) is 6.10 Å². The van der Waals surface area contributed by atoms with Crippen LogP contribution in [-0.4, -0.2) is 19.2 Å². The smallest absolute Gasteiger partial charge is 0.346 e. The third-order valence-corrected chi connectivity index (χ3v) is 3.27. The number of esters is 1. The number of carbonyl (C=O) groups excluding carboxylic acids is 1. The Morgan fingerprint density at radius 3 is 2.60 bits per heavy atom. The average Bonchev–Trinajstić information content (AvgIpc) is 2.43. The third-order valence-electron chi connectivity index (χ3n) is 3.27. The molecule has 1 aromatic carbocycles. The number of carbonyl (C=O) groups is 1. The summed E-state index contributed by atoms with van der Waals surface area (Å²) in [5.41, 5.74) is 1.54. The average molecular weight is 276 g/mol. The Morgan fingerprint density at radius 2 is 1.95 bits per heavy atom. The normalized spacial score (nSPS) is 12.2. The van der Waals surface area contributed by atoms with Crippen molar-refractivity contribution in [1.82, 2.24) is 0 Å². The molecule has 2 aromatic rings. The topological polar surface area (TPSA) is 65.7 Å². The van der Waals surface area contributed by atoms with Gasteiger partial charge in [0.25, 0.3) is 0 Å². The van der Waals surface area contributed by atoms with Crippen LogP contribution < -0.4 is 10.4 Å². The van der Waals surface area contributed by atoms with E-state index < -0.39 is 12.1 Å². The van der Waals surface area contributed by atoms with Crippen molar-refractivity contribution in [2.45, 2.75) is 26.9 Å². The van der Waals surface area contributed by atoms with Crippen molar-refractivity contribution in [1.29, 1.82) is 0 Å². The highest BCUT2D eigenvalue weighted by Gasteiger charge is 2.15. The van der Waals surface area contributed by atoms with Crippen LogP contribution in [0.25, 0.3) is 11.0 Å². The first-order valence-electron chi connectivity index (χ1n) is 6.22. The van der Waals surface area contributed by atoms with E-state index in [1.807, 2.05) is 6.92 Å². The van der Waals surface area contributed by atoms with Gasteiger partial charge in [-0.1, -0.05) is 0 Å². The number of methoxy groups -OCH3 is 1. The van der Waals surface area contributed by atoms with Crippen molar-refractivity contribution >= 4 is 16.9 Å². The Labute approximate surface area is 116 Å². The van der Waals surface area contributed by atoms with Gasteiger partial charge in [-0.2, -0.15) is 0 Å². The van der Waals surface area contributed by atoms with E-state index in [-0.39, 0.29) is 5.63 Å². The number of rotatable bonds is 3. The van der Waals surface area contributed by atoms with E-state index in [2.05, 4.69) is 4.74 Å². The molecule has 5 nitrogen and oxygen atoms in total. The molecule has 0 radical (unpaired) electrons. The zero-order valence-corrected chi connectivity index (χ0v) is 11.9. The standard InChI is InChI=1S/C15H16O5/c1-8-9(2)14(16)20-13-7-11(5-6-12(8)13)19-10(3)15(17)18-4/h5-7,10H,1-4H3/t10-/m1/s1. The van der Waals surface area contributed by atoms with E-state index in [1.165, 1.54) is 7.11 Å². The molecule has 0 bridgehead atoms. The first-order valence-corrected chi connectivity index (χ1v) is 6.22. The second kappa shape index (κ2) is 5.36. The molecule has 0 N–H and O–H groups in total. The van der Waals surface area contributed by atoms with Crippen molar-refractivity contribution in [2.24, 2.45) is 0 Å². The number of aryl methyl sites for hydroxylation is 1. The van der Waals surface area contributed by atoms with Gasteiger partial charge in [-0.25, -0.2) is 9.59 Å². The Kier molecular flexibility index (Phi) is 3.79. The summed E-state index contributed by atoms with van der Waals surface area (Å²) in [5, 5.41) is 0.847. The fraction of sp³-hybridized carbons (Fsp3) is 0.333. The number of fused-ring (bicyclic) bond motifs is 1. The second-order valence-corrected chi connectivity index (χ2v) is 4.58. The van der Waals surface area contributed by atoms with Gasteiger partial charge in [-0.15, -0.1) is 0 Å². The SMILES string of the molecule is COC(=O)[C@@H](C)Oc1ccc2c(C)c(C)c(=O)oc2c1. The lowest BCUT2D eigenvalue weighted by Gasteiger charge is -2.13. The highest BCUT2D eigenvalue weighted by Crippen LogP contribution is 2.24. The van der Waals surface area contributed by atoms with Crippen LogP contribution in [0.2, 0.25) is 0 Å². The lowest BCUT2D eigenvalue weighted by molar-refractivity contribution is -0.147. The highest BCUT2D eigenvalue weighted by atomic mass is 16.6. The monoisotopic (exact) mass is 276 g/mol. The van der Waals surface area contributed by atoms with Crippen molar-refractivity contribution in [3.05, 3.63) is 39.7 Å². The molecular weight excluding hydrogens is 260 g/mol. The molecule has 106 valence electrons. The first-order chi connectivity index (χ1) is 9.43. The summed E-state index contributed by atoms with van der Waals surface area (Å²) in [6.07, 6.45) is -0.726. The van der Waals surface area contributed by atoms with Gasteiger partial charge in [-0.05, 0) is 38.5 Å². The van der Waals surface area contributed by atoms with Gasteiger partial charge in [0.1, 0.15) is 11.3 Å². The Bertz CT molecular complexity index is 714. The van der Waals surface area contributed by atoms with Gasteiger partial charge >= 0.3 is 11.6 Å². The Morgan fingerprint density at radius 1 is 1.25 bits per heavy atom. The summed E-state index contributed by atoms with van der Waals surface area (Å²) < 4.78 is 15.3. The molecule has 0 amide bonds. The largest absolute Gasteiger partial charge is 0.479 e. The summed E-state index contributed by atoms with van der Waals surface area (Å²) >= 11 is 0. The lowest BCUT2D eigenvalue weighted by atomic mass is 10.1. The maximum absolute atomic E-state index is 11.7. The van der Waals surface area contributed by atoms with E-state index in [4.69, 9.17) is 9.15 Å². The summed E-state index contributed by atoms with van der Waals surface area (Å²) in [6, 6.07) is 5.14. The molecule has 2 rings (SSSR count). The van der Waals surface area contributed by atoms with Crippen molar-refractivity contribution in [2.75, 3.05) is 7.11 Å². The molecule has 1 atom stereocenters. The van der Waals surface area contributed by atoms with Gasteiger partial charge < -0.3 is 13.9 Å². The van der Waals surface area contributed by atoms with Crippen LogP contribution in [0.4, 0.5) is 0 Å². The Hall–Kier alpha value is -2.30. The summed E-state index contributed by atoms with van der Waals surface area (Å²) in [5.74, 6) is -0.0200. The molecule has 5 heteroatoms. The lowest BCUT2D eigenvalue weighted by Crippen LogP contribution is -2.24. The quantitative estimate of drug-likeness (QED) is 0.636. The van der Waals surface area contributed by atoms with Crippen LogP contribution >= 0.6 is 0 Å². The molecule has 0 aliphatic rings. The first kappa shape index (κ1) is 14.1. The number of hydrogen-bond acceptors (Lipinski definition) is 5. The van der Waals surface area contributed by atoms with E-state index in [9.17, 15) is 9.59 Å². The fourth-order valence-corrected chi connectivity index (χ4v) is 1.92. The minimum absolute atomic E-state index is 0.367. The molecule has 0 fully saturated rings. The number of ether oxygens (including phenoxy) is 2. The molecule has 0 saturated carbocycles.